The molecule has 6 nitrogen and oxygen atoms in total. The second kappa shape index (κ2) is 5.97. The minimum Gasteiger partial charge on any atom is -0.475 e. The van der Waals surface area contributed by atoms with Crippen LogP contribution in [0.1, 0.15) is 30.0 Å². The molecule has 0 fully saturated rings. The summed E-state index contributed by atoms with van der Waals surface area (Å²) in [6.07, 6.45) is 0. The molecule has 0 unspecified atom stereocenters. The lowest BCUT2D eigenvalue weighted by Gasteiger charge is -2.24. The third kappa shape index (κ3) is 3.22. The second-order valence-electron chi connectivity index (χ2n) is 5.18. The van der Waals surface area contributed by atoms with Crippen molar-refractivity contribution >= 4 is 22.8 Å². The highest BCUT2D eigenvalue weighted by atomic mass is 16.4. The van der Waals surface area contributed by atoms with Gasteiger partial charge in [-0.2, -0.15) is 0 Å². The molecule has 0 spiro atoms. The zero-order valence-electron chi connectivity index (χ0n) is 12.0. The number of carbonyl (C=O) groups excluding carboxylic acids is 1. The van der Waals surface area contributed by atoms with E-state index >= 15 is 0 Å². The summed E-state index contributed by atoms with van der Waals surface area (Å²) in [6, 6.07) is 7.18. The van der Waals surface area contributed by atoms with Gasteiger partial charge in [-0.3, -0.25) is 9.69 Å². The number of para-hydroxylation sites is 1. The predicted molar refractivity (Wildman–Crippen MR) is 77.9 cm³/mol. The molecule has 1 aromatic carbocycles. The van der Waals surface area contributed by atoms with Crippen molar-refractivity contribution in [1.29, 1.82) is 0 Å². The van der Waals surface area contributed by atoms with Gasteiger partial charge in [0.25, 0.3) is 0 Å². The molecular formula is C15H18N2O4. The molecule has 0 radical (unpaired) electrons. The Balaban J connectivity index is 2.45. The SMILES string of the molecule is CC(C)N(CC(N)=O)Cc1c(C(=O)O)oc2ccccc12. The van der Waals surface area contributed by atoms with Gasteiger partial charge in [0.15, 0.2) is 0 Å². The maximum absolute atomic E-state index is 11.4. The third-order valence-electron chi connectivity index (χ3n) is 3.34. The summed E-state index contributed by atoms with van der Waals surface area (Å²) in [5, 5.41) is 10.0. The molecule has 1 amide bonds. The lowest BCUT2D eigenvalue weighted by atomic mass is 10.1. The standard InChI is InChI=1S/C15H18N2O4/c1-9(2)17(8-13(16)18)7-11-10-5-3-4-6-12(10)21-14(11)15(19)20/h3-6,9H,7-8H2,1-2H3,(H2,16,18)(H,19,20). The summed E-state index contributed by atoms with van der Waals surface area (Å²) < 4.78 is 5.40. The van der Waals surface area contributed by atoms with E-state index in [4.69, 9.17) is 10.2 Å². The number of primary amides is 1. The molecule has 0 aliphatic rings. The van der Waals surface area contributed by atoms with Crippen molar-refractivity contribution in [2.45, 2.75) is 26.4 Å². The van der Waals surface area contributed by atoms with Gasteiger partial charge >= 0.3 is 5.97 Å². The van der Waals surface area contributed by atoms with Gasteiger partial charge in [-0.05, 0) is 19.9 Å². The van der Waals surface area contributed by atoms with Crippen LogP contribution in [0, 0.1) is 0 Å². The van der Waals surface area contributed by atoms with Crippen molar-refractivity contribution in [3.63, 3.8) is 0 Å². The molecule has 1 aromatic heterocycles. The number of nitrogens with zero attached hydrogens (tertiary/aromatic N) is 1. The Morgan fingerprint density at radius 2 is 2.00 bits per heavy atom. The third-order valence-corrected chi connectivity index (χ3v) is 3.34. The molecule has 112 valence electrons. The topological polar surface area (TPSA) is 96.8 Å². The summed E-state index contributed by atoms with van der Waals surface area (Å²) in [5.74, 6) is -1.66. The average molecular weight is 290 g/mol. The van der Waals surface area contributed by atoms with E-state index in [9.17, 15) is 14.7 Å². The van der Waals surface area contributed by atoms with Crippen molar-refractivity contribution in [3.05, 3.63) is 35.6 Å². The van der Waals surface area contributed by atoms with Crippen molar-refractivity contribution < 1.29 is 19.1 Å². The zero-order chi connectivity index (χ0) is 15.6. The van der Waals surface area contributed by atoms with Crippen LogP contribution in [0.3, 0.4) is 0 Å². The van der Waals surface area contributed by atoms with Crippen molar-refractivity contribution in [2.24, 2.45) is 5.73 Å². The number of furan rings is 1. The number of aromatic carboxylic acids is 1. The molecule has 21 heavy (non-hydrogen) atoms. The Morgan fingerprint density at radius 3 is 2.57 bits per heavy atom. The highest BCUT2D eigenvalue weighted by molar-refractivity contribution is 5.95. The molecule has 0 bridgehead atoms. The fourth-order valence-electron chi connectivity index (χ4n) is 2.25. The van der Waals surface area contributed by atoms with Crippen molar-refractivity contribution in [1.82, 2.24) is 4.90 Å². The average Bonchev–Trinajstić information content (AvgIpc) is 2.76. The van der Waals surface area contributed by atoms with Gasteiger partial charge in [-0.15, -0.1) is 0 Å². The van der Waals surface area contributed by atoms with E-state index in [0.717, 1.165) is 5.39 Å². The number of carboxylic acids is 1. The summed E-state index contributed by atoms with van der Waals surface area (Å²) >= 11 is 0. The molecule has 0 atom stereocenters. The van der Waals surface area contributed by atoms with E-state index in [-0.39, 0.29) is 18.3 Å². The molecule has 2 aromatic rings. The molecule has 1 heterocycles. The minimum atomic E-state index is -1.12. The van der Waals surface area contributed by atoms with Crippen molar-refractivity contribution in [2.75, 3.05) is 6.54 Å². The Morgan fingerprint density at radius 1 is 1.33 bits per heavy atom. The number of carboxylic acid groups (broad SMARTS) is 1. The summed E-state index contributed by atoms with van der Waals surface area (Å²) in [6.45, 7) is 4.20. The largest absolute Gasteiger partial charge is 0.475 e. The molecule has 0 saturated heterocycles. The molecule has 3 N–H and O–H groups in total. The van der Waals surface area contributed by atoms with E-state index in [0.29, 0.717) is 17.7 Å². The number of benzene rings is 1. The summed E-state index contributed by atoms with van der Waals surface area (Å²) in [7, 11) is 0. The highest BCUT2D eigenvalue weighted by Gasteiger charge is 2.23. The first kappa shape index (κ1) is 15.1. The Kier molecular flexibility index (Phi) is 4.28. The lowest BCUT2D eigenvalue weighted by Crippen LogP contribution is -2.38. The van der Waals surface area contributed by atoms with Gasteiger partial charge in [0.1, 0.15) is 5.58 Å². The van der Waals surface area contributed by atoms with Crippen molar-refractivity contribution in [3.8, 4) is 0 Å². The first-order valence-electron chi connectivity index (χ1n) is 6.66. The number of hydrogen-bond donors (Lipinski definition) is 2. The summed E-state index contributed by atoms with van der Waals surface area (Å²) in [5.41, 5.74) is 6.33. The molecule has 6 heteroatoms. The second-order valence-corrected chi connectivity index (χ2v) is 5.18. The van der Waals surface area contributed by atoms with Crippen LogP contribution in [0.15, 0.2) is 28.7 Å². The fraction of sp³-hybridized carbons (Fsp3) is 0.333. The fourth-order valence-corrected chi connectivity index (χ4v) is 2.25. The normalized spacial score (nSPS) is 11.4. The lowest BCUT2D eigenvalue weighted by molar-refractivity contribution is -0.119. The van der Waals surface area contributed by atoms with Crippen LogP contribution in [0.5, 0.6) is 0 Å². The Hall–Kier alpha value is -2.34. The van der Waals surface area contributed by atoms with Crippen LogP contribution in [0.2, 0.25) is 0 Å². The minimum absolute atomic E-state index is 0.0489. The number of amides is 1. The van der Waals surface area contributed by atoms with Gasteiger partial charge in [-0.25, -0.2) is 4.79 Å². The Labute approximate surface area is 122 Å². The van der Waals surface area contributed by atoms with Crippen LogP contribution in [-0.4, -0.2) is 34.5 Å². The van der Waals surface area contributed by atoms with Crippen LogP contribution in [0.4, 0.5) is 0 Å². The first-order valence-corrected chi connectivity index (χ1v) is 6.66. The van der Waals surface area contributed by atoms with Crippen LogP contribution in [-0.2, 0) is 11.3 Å². The van der Waals surface area contributed by atoms with Gasteiger partial charge in [-0.1, -0.05) is 18.2 Å². The van der Waals surface area contributed by atoms with Gasteiger partial charge in [0, 0.05) is 23.5 Å². The molecule has 0 aliphatic carbocycles. The Bertz CT molecular complexity index is 675. The molecular weight excluding hydrogens is 272 g/mol. The monoisotopic (exact) mass is 290 g/mol. The number of nitrogens with two attached hydrogens (primary N) is 1. The number of rotatable bonds is 6. The molecule has 0 aliphatic heterocycles. The van der Waals surface area contributed by atoms with E-state index < -0.39 is 11.9 Å². The first-order chi connectivity index (χ1) is 9.90. The number of carbonyl (C=O) groups is 2. The quantitative estimate of drug-likeness (QED) is 0.846. The van der Waals surface area contributed by atoms with E-state index in [2.05, 4.69) is 0 Å². The zero-order valence-corrected chi connectivity index (χ0v) is 12.0. The van der Waals surface area contributed by atoms with Crippen LogP contribution < -0.4 is 5.73 Å². The maximum atomic E-state index is 11.4. The van der Waals surface area contributed by atoms with Gasteiger partial charge in [0.2, 0.25) is 11.7 Å². The van der Waals surface area contributed by atoms with Gasteiger partial charge < -0.3 is 15.3 Å². The summed E-state index contributed by atoms with van der Waals surface area (Å²) in [4.78, 5) is 24.3. The van der Waals surface area contributed by atoms with E-state index in [1.54, 1.807) is 12.1 Å². The smallest absolute Gasteiger partial charge is 0.372 e. The number of hydrogen-bond acceptors (Lipinski definition) is 4. The molecule has 0 saturated carbocycles. The van der Waals surface area contributed by atoms with Crippen LogP contribution in [0.25, 0.3) is 11.0 Å². The maximum Gasteiger partial charge on any atom is 0.372 e. The van der Waals surface area contributed by atoms with Gasteiger partial charge in [0.05, 0.1) is 6.54 Å². The predicted octanol–water partition coefficient (Wildman–Crippen LogP) is 1.83. The number of fused-ring (bicyclic) bond motifs is 1. The highest BCUT2D eigenvalue weighted by Crippen LogP contribution is 2.27. The van der Waals surface area contributed by atoms with E-state index in [1.807, 2.05) is 30.9 Å². The van der Waals surface area contributed by atoms with E-state index in [1.165, 1.54) is 0 Å². The van der Waals surface area contributed by atoms with Crippen LogP contribution >= 0.6 is 0 Å². The molecule has 2 rings (SSSR count).